The molecular weight excluding hydrogens is 498 g/mol. The number of hydrogen-bond donors (Lipinski definition) is 2. The van der Waals surface area contributed by atoms with Gasteiger partial charge in [-0.3, -0.25) is 9.36 Å². The number of phenolic OH excluding ortho intramolecular Hbond substituents is 1. The fourth-order valence-electron chi connectivity index (χ4n) is 3.39. The van der Waals surface area contributed by atoms with Gasteiger partial charge in [0.1, 0.15) is 11.5 Å². The van der Waals surface area contributed by atoms with Crippen LogP contribution in [0.2, 0.25) is 5.02 Å². The summed E-state index contributed by atoms with van der Waals surface area (Å²) >= 11 is 7.30. The van der Waals surface area contributed by atoms with Gasteiger partial charge in [-0.25, -0.2) is 5.43 Å². The van der Waals surface area contributed by atoms with E-state index >= 15 is 0 Å². The topological polar surface area (TPSA) is 102 Å². The van der Waals surface area contributed by atoms with Gasteiger partial charge in [-0.05, 0) is 74.5 Å². The summed E-state index contributed by atoms with van der Waals surface area (Å²) in [6.07, 6.45) is 0. The molecule has 0 aliphatic rings. The van der Waals surface area contributed by atoms with Crippen LogP contribution >= 0.6 is 23.4 Å². The number of ether oxygens (including phenoxy) is 1. The molecule has 0 radical (unpaired) electrons. The number of thioether (sulfide) groups is 1. The van der Waals surface area contributed by atoms with Crippen molar-refractivity contribution in [2.45, 2.75) is 19.0 Å². The van der Waals surface area contributed by atoms with Crippen LogP contribution in [0, 0.1) is 0 Å². The van der Waals surface area contributed by atoms with Crippen molar-refractivity contribution in [2.75, 3.05) is 12.4 Å². The predicted octanol–water partition coefficient (Wildman–Crippen LogP) is 5.32. The highest BCUT2D eigenvalue weighted by Crippen LogP contribution is 2.29. The van der Waals surface area contributed by atoms with Gasteiger partial charge in [0, 0.05) is 21.8 Å². The van der Waals surface area contributed by atoms with Crippen LogP contribution in [0.15, 0.2) is 83.1 Å². The Bertz CT molecular complexity index is 1370. The van der Waals surface area contributed by atoms with Crippen LogP contribution in [0.25, 0.3) is 17.1 Å². The van der Waals surface area contributed by atoms with Crippen LogP contribution in [0.5, 0.6) is 11.5 Å². The fraction of sp³-hybridized carbons (Fsp3) is 0.154. The van der Waals surface area contributed by atoms with E-state index in [2.05, 4.69) is 20.7 Å². The molecule has 2 N–H and O–H groups in total. The second kappa shape index (κ2) is 11.7. The van der Waals surface area contributed by atoms with Crippen LogP contribution in [0.1, 0.15) is 19.4 Å². The van der Waals surface area contributed by atoms with E-state index in [0.717, 1.165) is 17.0 Å². The molecule has 0 fully saturated rings. The highest BCUT2D eigenvalue weighted by Gasteiger charge is 2.18. The largest absolute Gasteiger partial charge is 0.507 e. The highest BCUT2D eigenvalue weighted by molar-refractivity contribution is 7.99. The predicted molar refractivity (Wildman–Crippen MR) is 142 cm³/mol. The minimum Gasteiger partial charge on any atom is -0.507 e. The lowest BCUT2D eigenvalue weighted by atomic mass is 10.1. The number of phenols is 1. The molecule has 0 saturated carbocycles. The molecule has 0 aliphatic heterocycles. The number of halogens is 1. The van der Waals surface area contributed by atoms with Crippen molar-refractivity contribution in [1.82, 2.24) is 20.2 Å². The minimum atomic E-state index is -0.316. The maximum atomic E-state index is 12.5. The Labute approximate surface area is 218 Å². The van der Waals surface area contributed by atoms with E-state index in [1.54, 1.807) is 43.3 Å². The maximum Gasteiger partial charge on any atom is 0.250 e. The zero-order valence-electron chi connectivity index (χ0n) is 19.7. The van der Waals surface area contributed by atoms with Gasteiger partial charge in [0.2, 0.25) is 0 Å². The van der Waals surface area contributed by atoms with Gasteiger partial charge in [0.05, 0.1) is 18.1 Å². The number of carbonyl (C=O) groups is 1. The number of aromatic hydroxyl groups is 1. The molecule has 10 heteroatoms. The molecule has 1 amide bonds. The number of hydrogen-bond acceptors (Lipinski definition) is 7. The van der Waals surface area contributed by atoms with Crippen LogP contribution in [0.4, 0.5) is 0 Å². The van der Waals surface area contributed by atoms with Crippen molar-refractivity contribution in [2.24, 2.45) is 5.10 Å². The van der Waals surface area contributed by atoms with Crippen molar-refractivity contribution >= 4 is 35.0 Å². The van der Waals surface area contributed by atoms with Crippen LogP contribution in [-0.2, 0) is 4.79 Å². The van der Waals surface area contributed by atoms with E-state index in [9.17, 15) is 9.90 Å². The summed E-state index contributed by atoms with van der Waals surface area (Å²) in [5.74, 6) is 1.22. The lowest BCUT2D eigenvalue weighted by molar-refractivity contribution is -0.118. The second-order valence-corrected chi connectivity index (χ2v) is 8.99. The van der Waals surface area contributed by atoms with E-state index in [1.165, 1.54) is 11.8 Å². The number of nitrogens with zero attached hydrogens (tertiary/aromatic N) is 4. The Hall–Kier alpha value is -3.82. The van der Waals surface area contributed by atoms with Crippen molar-refractivity contribution < 1.29 is 14.6 Å². The van der Waals surface area contributed by atoms with Crippen LogP contribution < -0.4 is 10.2 Å². The van der Waals surface area contributed by atoms with E-state index in [4.69, 9.17) is 16.3 Å². The molecule has 4 rings (SSSR count). The zero-order valence-corrected chi connectivity index (χ0v) is 21.3. The molecule has 0 bridgehead atoms. The first kappa shape index (κ1) is 25.3. The summed E-state index contributed by atoms with van der Waals surface area (Å²) in [5, 5.41) is 24.0. The Morgan fingerprint density at radius 3 is 2.50 bits per heavy atom. The van der Waals surface area contributed by atoms with Crippen LogP contribution in [0.3, 0.4) is 0 Å². The molecule has 8 nitrogen and oxygen atoms in total. The second-order valence-electron chi connectivity index (χ2n) is 7.61. The highest BCUT2D eigenvalue weighted by atomic mass is 35.5. The van der Waals surface area contributed by atoms with Gasteiger partial charge in [-0.15, -0.1) is 10.2 Å². The average Bonchev–Trinajstić information content (AvgIpc) is 3.31. The van der Waals surface area contributed by atoms with Gasteiger partial charge >= 0.3 is 0 Å². The third-order valence-electron chi connectivity index (χ3n) is 5.12. The number of benzene rings is 3. The van der Waals surface area contributed by atoms with Crippen LogP contribution in [-0.4, -0.2) is 43.8 Å². The minimum absolute atomic E-state index is 0.0628. The molecule has 36 heavy (non-hydrogen) atoms. The SMILES string of the molecule is CCOc1ccc(-n2c(SCC(=O)N/N=C(\C)c3ccccc3O)nnc2-c2ccc(Cl)cc2)cc1. The zero-order chi connectivity index (χ0) is 25.5. The monoisotopic (exact) mass is 521 g/mol. The molecule has 1 heterocycles. The molecule has 0 unspecified atom stereocenters. The molecule has 184 valence electrons. The fourth-order valence-corrected chi connectivity index (χ4v) is 4.26. The summed E-state index contributed by atoms with van der Waals surface area (Å²) in [7, 11) is 0. The number of rotatable bonds is 9. The van der Waals surface area contributed by atoms with Gasteiger partial charge in [0.25, 0.3) is 5.91 Å². The first-order valence-electron chi connectivity index (χ1n) is 11.1. The third kappa shape index (κ3) is 6.05. The summed E-state index contributed by atoms with van der Waals surface area (Å²) in [5.41, 5.74) is 5.23. The van der Waals surface area contributed by atoms with Gasteiger partial charge in [-0.1, -0.05) is 35.5 Å². The van der Waals surface area contributed by atoms with Crippen molar-refractivity contribution in [3.05, 3.63) is 83.4 Å². The van der Waals surface area contributed by atoms with Crippen molar-refractivity contribution in [1.29, 1.82) is 0 Å². The average molecular weight is 522 g/mol. The summed E-state index contributed by atoms with van der Waals surface area (Å²) in [6.45, 7) is 4.22. The molecule has 0 spiro atoms. The Kier molecular flexibility index (Phi) is 8.24. The summed E-state index contributed by atoms with van der Waals surface area (Å²) in [6, 6.07) is 21.7. The first-order chi connectivity index (χ1) is 17.5. The van der Waals surface area contributed by atoms with E-state index in [-0.39, 0.29) is 17.4 Å². The number of aromatic nitrogens is 3. The maximum absolute atomic E-state index is 12.5. The van der Waals surface area contributed by atoms with E-state index < -0.39 is 0 Å². The number of amides is 1. The van der Waals surface area contributed by atoms with Gasteiger partial charge < -0.3 is 9.84 Å². The summed E-state index contributed by atoms with van der Waals surface area (Å²) < 4.78 is 7.44. The Morgan fingerprint density at radius 2 is 1.81 bits per heavy atom. The van der Waals surface area contributed by atoms with Gasteiger partial charge in [0.15, 0.2) is 11.0 Å². The van der Waals surface area contributed by atoms with Crippen molar-refractivity contribution in [3.8, 4) is 28.6 Å². The molecular formula is C26H24ClN5O3S. The number of para-hydroxylation sites is 1. The normalized spacial score (nSPS) is 11.4. The molecule has 0 aliphatic carbocycles. The van der Waals surface area contributed by atoms with Gasteiger partial charge in [-0.2, -0.15) is 5.10 Å². The lowest BCUT2D eigenvalue weighted by Gasteiger charge is -2.11. The van der Waals surface area contributed by atoms with E-state index in [0.29, 0.717) is 33.9 Å². The Balaban J connectivity index is 1.55. The smallest absolute Gasteiger partial charge is 0.250 e. The van der Waals surface area contributed by atoms with Crippen molar-refractivity contribution in [3.63, 3.8) is 0 Å². The molecule has 0 atom stereocenters. The molecule has 4 aromatic rings. The molecule has 0 saturated heterocycles. The summed E-state index contributed by atoms with van der Waals surface area (Å²) in [4.78, 5) is 12.5. The lowest BCUT2D eigenvalue weighted by Crippen LogP contribution is -2.21. The standard InChI is InChI=1S/C26H24ClN5O3S/c1-3-35-21-14-12-20(13-15-21)32-25(18-8-10-19(27)11-9-18)30-31-26(32)36-16-24(34)29-28-17(2)22-6-4-5-7-23(22)33/h4-15,33H,3,16H2,1-2H3,(H,29,34)/b28-17+. The third-order valence-corrected chi connectivity index (χ3v) is 6.30. The number of carbonyl (C=O) groups excluding carboxylic acids is 1. The quantitative estimate of drug-likeness (QED) is 0.175. The first-order valence-corrected chi connectivity index (χ1v) is 12.5. The molecule has 1 aromatic heterocycles. The number of hydrazone groups is 1. The molecule has 3 aromatic carbocycles. The van der Waals surface area contributed by atoms with E-state index in [1.807, 2.05) is 47.9 Å². The number of nitrogens with one attached hydrogen (secondary N) is 1. The Morgan fingerprint density at radius 1 is 1.08 bits per heavy atom.